The second kappa shape index (κ2) is 11.8. The third-order valence-electron chi connectivity index (χ3n) is 6.76. The molecule has 5 aromatic rings. The summed E-state index contributed by atoms with van der Waals surface area (Å²) in [6.45, 7) is 1.90. The number of carbonyl (C=O) groups is 2. The second-order valence-corrected chi connectivity index (χ2v) is 9.55. The van der Waals surface area contributed by atoms with Crippen molar-refractivity contribution in [2.24, 2.45) is 0 Å². The smallest absolute Gasteiger partial charge is 0.346 e. The van der Waals surface area contributed by atoms with Crippen LogP contribution in [-0.4, -0.2) is 36.7 Å². The zero-order valence-electron chi connectivity index (χ0n) is 21.5. The molecule has 2 aromatic carbocycles. The van der Waals surface area contributed by atoms with Crippen molar-refractivity contribution in [2.75, 3.05) is 0 Å². The molecule has 3 heterocycles. The van der Waals surface area contributed by atoms with E-state index < -0.39 is 0 Å². The van der Waals surface area contributed by atoms with Gasteiger partial charge in [-0.15, -0.1) is 4.52 Å². The highest BCUT2D eigenvalue weighted by atomic mass is 16.1. The van der Waals surface area contributed by atoms with Crippen molar-refractivity contribution in [3.8, 4) is 11.3 Å². The molecule has 0 saturated heterocycles. The number of ketones is 1. The Morgan fingerprint density at radius 2 is 1.87 bits per heavy atom. The Hall–Kier alpha value is -4.40. The normalized spacial score (nSPS) is 12.1. The number of nitrogens with zero attached hydrogens (tertiary/aromatic N) is 4. The number of aromatic amines is 2. The van der Waals surface area contributed by atoms with Gasteiger partial charge in [-0.2, -0.15) is 0 Å². The van der Waals surface area contributed by atoms with E-state index in [1.807, 2.05) is 31.5 Å². The Morgan fingerprint density at radius 3 is 2.74 bits per heavy atom. The van der Waals surface area contributed by atoms with E-state index in [1.54, 1.807) is 17.0 Å². The number of benzene rings is 2. The molecule has 0 aliphatic heterocycles. The van der Waals surface area contributed by atoms with E-state index in [2.05, 4.69) is 60.7 Å². The zero-order valence-corrected chi connectivity index (χ0v) is 21.5. The molecule has 3 aromatic heterocycles. The summed E-state index contributed by atoms with van der Waals surface area (Å²) < 4.78 is 1.68. The fraction of sp³-hybridized carbons (Fsp3) is 0.310. The lowest BCUT2D eigenvalue weighted by atomic mass is 10.0. The first-order valence-corrected chi connectivity index (χ1v) is 13.1. The van der Waals surface area contributed by atoms with Gasteiger partial charge in [0.2, 0.25) is 5.91 Å². The van der Waals surface area contributed by atoms with Crippen molar-refractivity contribution in [1.82, 2.24) is 30.4 Å². The maximum atomic E-state index is 13.1. The standard InChI is InChI=1S/C29H31N7O2/c1-2-24(37)10-4-3-5-11-25(34-27(38)14-20-16-31-29-32-19-33-36(29)18-20)28-30-17-26(35-28)23-13-12-21-8-6-7-9-22(21)15-23/h6-9,12-13,15-19,25H,2-5,10-11,14H2,1H3,(H2,30,34,35,38)/p+1/t25-/m0/s1. The third-order valence-corrected chi connectivity index (χ3v) is 6.76. The Balaban J connectivity index is 1.30. The van der Waals surface area contributed by atoms with E-state index in [1.165, 1.54) is 5.39 Å². The summed E-state index contributed by atoms with van der Waals surface area (Å²) in [5.74, 6) is 1.45. The minimum atomic E-state index is -0.268. The van der Waals surface area contributed by atoms with Gasteiger partial charge in [0.15, 0.2) is 6.33 Å². The van der Waals surface area contributed by atoms with Crippen LogP contribution in [0.5, 0.6) is 0 Å². The number of aromatic nitrogens is 6. The topological polar surface area (TPSA) is 121 Å². The molecule has 0 aliphatic carbocycles. The number of H-pyrrole nitrogens is 2. The van der Waals surface area contributed by atoms with Crippen molar-refractivity contribution in [2.45, 2.75) is 57.9 Å². The summed E-state index contributed by atoms with van der Waals surface area (Å²) in [6.07, 6.45) is 11.6. The van der Waals surface area contributed by atoms with Crippen LogP contribution in [-0.2, 0) is 16.0 Å². The van der Waals surface area contributed by atoms with Gasteiger partial charge in [-0.3, -0.25) is 9.59 Å². The van der Waals surface area contributed by atoms with E-state index >= 15 is 0 Å². The molecule has 1 atom stereocenters. The quantitative estimate of drug-likeness (QED) is 0.170. The van der Waals surface area contributed by atoms with E-state index in [0.717, 1.165) is 53.7 Å². The number of imidazole rings is 1. The van der Waals surface area contributed by atoms with Crippen LogP contribution in [0, 0.1) is 0 Å². The minimum Gasteiger partial charge on any atom is -0.346 e. The number of Topliss-reactive ketones (excluding diaryl/α,β-unsaturated/α-hetero) is 1. The molecule has 9 heteroatoms. The number of rotatable bonds is 12. The minimum absolute atomic E-state index is 0.110. The maximum Gasteiger partial charge on any atom is 0.456 e. The van der Waals surface area contributed by atoms with Gasteiger partial charge in [-0.1, -0.05) is 66.1 Å². The number of fused-ring (bicyclic) bond motifs is 2. The van der Waals surface area contributed by atoms with Gasteiger partial charge in [0.05, 0.1) is 30.6 Å². The molecule has 0 fully saturated rings. The molecule has 0 saturated carbocycles. The van der Waals surface area contributed by atoms with Crippen molar-refractivity contribution in [3.05, 3.63) is 78.8 Å². The zero-order chi connectivity index (χ0) is 26.3. The number of hydrogen-bond acceptors (Lipinski definition) is 5. The van der Waals surface area contributed by atoms with E-state index in [-0.39, 0.29) is 18.4 Å². The van der Waals surface area contributed by atoms with Crippen LogP contribution >= 0.6 is 0 Å². The molecule has 0 radical (unpaired) electrons. The first-order valence-electron chi connectivity index (χ1n) is 13.1. The largest absolute Gasteiger partial charge is 0.456 e. The fourth-order valence-electron chi connectivity index (χ4n) is 4.64. The van der Waals surface area contributed by atoms with Crippen LogP contribution in [0.3, 0.4) is 0 Å². The monoisotopic (exact) mass is 510 g/mol. The van der Waals surface area contributed by atoms with Crippen LogP contribution in [0.4, 0.5) is 0 Å². The predicted molar refractivity (Wildman–Crippen MR) is 144 cm³/mol. The summed E-state index contributed by atoms with van der Waals surface area (Å²) in [5, 5.41) is 8.46. The van der Waals surface area contributed by atoms with Crippen LogP contribution in [0.15, 0.2) is 67.4 Å². The summed E-state index contributed by atoms with van der Waals surface area (Å²) >= 11 is 0. The van der Waals surface area contributed by atoms with E-state index in [0.29, 0.717) is 24.4 Å². The van der Waals surface area contributed by atoms with Crippen LogP contribution < -0.4 is 9.83 Å². The summed E-state index contributed by atoms with van der Waals surface area (Å²) in [7, 11) is 0. The number of hydrogen-bond donors (Lipinski definition) is 3. The van der Waals surface area contributed by atoms with Gasteiger partial charge in [-0.05, 0) is 29.7 Å². The average Bonchev–Trinajstić information content (AvgIpc) is 3.61. The maximum absolute atomic E-state index is 13.1. The highest BCUT2D eigenvalue weighted by Crippen LogP contribution is 2.26. The first-order chi connectivity index (χ1) is 18.6. The lowest BCUT2D eigenvalue weighted by Crippen LogP contribution is -2.32. The highest BCUT2D eigenvalue weighted by molar-refractivity contribution is 5.86. The molecule has 1 amide bonds. The van der Waals surface area contributed by atoms with Gasteiger partial charge in [-0.25, -0.2) is 10.1 Å². The summed E-state index contributed by atoms with van der Waals surface area (Å²) in [4.78, 5) is 41.2. The Morgan fingerprint density at radius 1 is 1.00 bits per heavy atom. The summed E-state index contributed by atoms with van der Waals surface area (Å²) in [5.41, 5.74) is 2.72. The van der Waals surface area contributed by atoms with Gasteiger partial charge in [0, 0.05) is 24.0 Å². The molecular formula is C29H32N7O2+. The SMILES string of the molecule is CCC(=O)CCCCC[C@H](NC(=O)Cc1cnc2nc[nH][n+]2c1)c1ncc(-c2ccc3ccccc3c2)[nH]1. The van der Waals surface area contributed by atoms with Crippen molar-refractivity contribution in [3.63, 3.8) is 0 Å². The summed E-state index contributed by atoms with van der Waals surface area (Å²) in [6, 6.07) is 14.3. The molecule has 0 aliphatic rings. The first kappa shape index (κ1) is 25.3. The third kappa shape index (κ3) is 6.11. The molecule has 0 unspecified atom stereocenters. The van der Waals surface area contributed by atoms with Crippen LogP contribution in [0.1, 0.15) is 62.9 Å². The fourth-order valence-corrected chi connectivity index (χ4v) is 4.64. The molecule has 3 N–H and O–H groups in total. The lowest BCUT2D eigenvalue weighted by Gasteiger charge is -2.17. The molecule has 5 rings (SSSR count). The van der Waals surface area contributed by atoms with Crippen LogP contribution in [0.25, 0.3) is 27.8 Å². The highest BCUT2D eigenvalue weighted by Gasteiger charge is 2.20. The Bertz CT molecular complexity index is 1550. The van der Waals surface area contributed by atoms with Crippen molar-refractivity contribution in [1.29, 1.82) is 0 Å². The van der Waals surface area contributed by atoms with E-state index in [9.17, 15) is 9.59 Å². The Labute approximate surface area is 220 Å². The number of unbranched alkanes of at least 4 members (excludes halogenated alkanes) is 2. The molecular weight excluding hydrogens is 478 g/mol. The molecule has 0 bridgehead atoms. The molecule has 9 nitrogen and oxygen atoms in total. The predicted octanol–water partition coefficient (Wildman–Crippen LogP) is 4.42. The van der Waals surface area contributed by atoms with Gasteiger partial charge in [0.1, 0.15) is 17.8 Å². The molecule has 0 spiro atoms. The van der Waals surface area contributed by atoms with Crippen LogP contribution in [0.2, 0.25) is 0 Å². The number of nitrogens with one attached hydrogen (secondary N) is 3. The van der Waals surface area contributed by atoms with Gasteiger partial charge >= 0.3 is 5.78 Å². The lowest BCUT2D eigenvalue weighted by molar-refractivity contribution is -0.580. The van der Waals surface area contributed by atoms with Crippen molar-refractivity contribution < 1.29 is 14.1 Å². The van der Waals surface area contributed by atoms with Gasteiger partial charge < -0.3 is 10.3 Å². The molecule has 38 heavy (non-hydrogen) atoms. The molecule has 194 valence electrons. The van der Waals surface area contributed by atoms with E-state index in [4.69, 9.17) is 0 Å². The second-order valence-electron chi connectivity index (χ2n) is 9.55. The Kier molecular flexibility index (Phi) is 7.82. The van der Waals surface area contributed by atoms with Gasteiger partial charge in [0.25, 0.3) is 0 Å². The van der Waals surface area contributed by atoms with Crippen molar-refractivity contribution >= 4 is 28.2 Å². The average molecular weight is 511 g/mol. The number of amides is 1. The number of carbonyl (C=O) groups excluding carboxylic acids is 2.